The molecular weight excluding hydrogens is 597 g/mol. The zero-order valence-electron chi connectivity index (χ0n) is 24.3. The van der Waals surface area contributed by atoms with E-state index in [9.17, 15) is 26.4 Å². The summed E-state index contributed by atoms with van der Waals surface area (Å²) in [6.07, 6.45) is 0.824. The Balaban J connectivity index is 1.26. The highest BCUT2D eigenvalue weighted by Crippen LogP contribution is 2.35. The van der Waals surface area contributed by atoms with Crippen molar-refractivity contribution in [3.05, 3.63) is 83.2 Å². The van der Waals surface area contributed by atoms with Crippen LogP contribution in [-0.4, -0.2) is 68.6 Å². The molecule has 5 rings (SSSR count). The number of piperidine rings is 1. The van der Waals surface area contributed by atoms with Crippen LogP contribution < -0.4 is 10.2 Å². The van der Waals surface area contributed by atoms with E-state index < -0.39 is 21.6 Å². The third kappa shape index (κ3) is 7.74. The van der Waals surface area contributed by atoms with Crippen molar-refractivity contribution in [1.29, 1.82) is 0 Å². The Bertz CT molecular complexity index is 1510. The van der Waals surface area contributed by atoms with Gasteiger partial charge >= 0.3 is 6.18 Å². The summed E-state index contributed by atoms with van der Waals surface area (Å²) < 4.78 is 74.9. The molecule has 0 spiro atoms. The fraction of sp³-hybridized carbons (Fsp3) is 0.452. The second-order valence-corrected chi connectivity index (χ2v) is 13.3. The number of nitrogens with one attached hydrogen (secondary N) is 1. The number of nitrogens with zero attached hydrogens (tertiary/aromatic N) is 3. The molecule has 0 bridgehead atoms. The van der Waals surface area contributed by atoms with Gasteiger partial charge < -0.3 is 19.7 Å². The lowest BCUT2D eigenvalue weighted by Gasteiger charge is -2.40. The molecule has 2 fully saturated rings. The van der Waals surface area contributed by atoms with Gasteiger partial charge in [0.05, 0.1) is 47.1 Å². The summed E-state index contributed by atoms with van der Waals surface area (Å²) in [5, 5.41) is 2.80. The van der Waals surface area contributed by atoms with Gasteiger partial charge in [-0.2, -0.15) is 13.2 Å². The molecule has 1 N–H and O–H groups in total. The second-order valence-electron chi connectivity index (χ2n) is 11.0. The Morgan fingerprint density at radius 1 is 1.05 bits per heavy atom. The highest BCUT2D eigenvalue weighted by molar-refractivity contribution is 7.91. The standard InChI is InChI=1S/C31H35F3N4O5S/c1-2-44(40,41)28-11-3-21(4-12-28)15-35-29(39)24-16-36-30(37-17-24)38-18-23(22-5-8-25(9-6-22)31(32,33)34)7-10-26(38)19-43-27-13-14-42-20-27/h3-6,8-9,11-12,16-17,23,26-27H,2,7,10,13-15,18-20H2,1H3,(H,35,39)/t23?,26-,27+/m0/s1. The molecule has 1 amide bonds. The molecule has 0 radical (unpaired) electrons. The molecule has 2 aliphatic rings. The Hall–Kier alpha value is -3.55. The predicted octanol–water partition coefficient (Wildman–Crippen LogP) is 4.78. The van der Waals surface area contributed by atoms with Gasteiger partial charge in [0.2, 0.25) is 5.95 Å². The molecule has 1 aromatic heterocycles. The monoisotopic (exact) mass is 632 g/mol. The first-order chi connectivity index (χ1) is 21.0. The number of sulfone groups is 1. The van der Waals surface area contributed by atoms with Crippen molar-refractivity contribution in [3.63, 3.8) is 0 Å². The Morgan fingerprint density at radius 2 is 1.75 bits per heavy atom. The van der Waals surface area contributed by atoms with Gasteiger partial charge in [-0.25, -0.2) is 18.4 Å². The fourth-order valence-electron chi connectivity index (χ4n) is 5.41. The zero-order chi connectivity index (χ0) is 31.3. The minimum Gasteiger partial charge on any atom is -0.379 e. The molecular formula is C31H35F3N4O5S. The zero-order valence-corrected chi connectivity index (χ0v) is 25.1. The Kier molecular flexibility index (Phi) is 9.86. The maximum atomic E-state index is 13.1. The van der Waals surface area contributed by atoms with Crippen molar-refractivity contribution in [2.45, 2.75) is 61.9 Å². The van der Waals surface area contributed by atoms with Crippen LogP contribution in [0.3, 0.4) is 0 Å². The van der Waals surface area contributed by atoms with Crippen LogP contribution in [0.4, 0.5) is 19.1 Å². The summed E-state index contributed by atoms with van der Waals surface area (Å²) >= 11 is 0. The number of halogens is 3. The molecule has 3 heterocycles. The van der Waals surface area contributed by atoms with Crippen molar-refractivity contribution in [1.82, 2.24) is 15.3 Å². The first kappa shape index (κ1) is 31.9. The molecule has 9 nitrogen and oxygen atoms in total. The van der Waals surface area contributed by atoms with Gasteiger partial charge in [0.25, 0.3) is 5.91 Å². The third-order valence-corrected chi connectivity index (χ3v) is 9.85. The van der Waals surface area contributed by atoms with Gasteiger partial charge in [-0.15, -0.1) is 0 Å². The van der Waals surface area contributed by atoms with Crippen LogP contribution in [0.25, 0.3) is 0 Å². The summed E-state index contributed by atoms with van der Waals surface area (Å²) in [5.41, 5.74) is 1.12. The van der Waals surface area contributed by atoms with Crippen molar-refractivity contribution in [2.75, 3.05) is 37.0 Å². The highest BCUT2D eigenvalue weighted by atomic mass is 32.2. The molecule has 44 heavy (non-hydrogen) atoms. The minimum atomic E-state index is -4.39. The van der Waals surface area contributed by atoms with Gasteiger partial charge in [-0.05, 0) is 54.7 Å². The quantitative estimate of drug-likeness (QED) is 0.340. The maximum Gasteiger partial charge on any atom is 0.416 e. The normalized spacial score (nSPS) is 20.9. The molecule has 2 aromatic carbocycles. The number of ether oxygens (including phenoxy) is 2. The molecule has 2 aliphatic heterocycles. The maximum absolute atomic E-state index is 13.1. The van der Waals surface area contributed by atoms with E-state index in [-0.39, 0.29) is 46.7 Å². The van der Waals surface area contributed by atoms with Gasteiger partial charge in [0, 0.05) is 38.0 Å². The van der Waals surface area contributed by atoms with E-state index in [2.05, 4.69) is 15.3 Å². The average molecular weight is 633 g/mol. The molecule has 13 heteroatoms. The van der Waals surface area contributed by atoms with Crippen LogP contribution in [0.15, 0.2) is 65.8 Å². The summed E-state index contributed by atoms with van der Waals surface area (Å²) in [6, 6.07) is 11.6. The number of carbonyl (C=O) groups excluding carboxylic acids is 1. The van der Waals surface area contributed by atoms with Crippen molar-refractivity contribution in [2.24, 2.45) is 0 Å². The first-order valence-corrected chi connectivity index (χ1v) is 16.2. The number of hydrogen-bond donors (Lipinski definition) is 1. The van der Waals surface area contributed by atoms with E-state index in [1.54, 1.807) is 19.1 Å². The third-order valence-electron chi connectivity index (χ3n) is 8.10. The predicted molar refractivity (Wildman–Crippen MR) is 157 cm³/mol. The van der Waals surface area contributed by atoms with Crippen LogP contribution >= 0.6 is 0 Å². The molecule has 236 valence electrons. The second kappa shape index (κ2) is 13.6. The lowest BCUT2D eigenvalue weighted by Crippen LogP contribution is -2.46. The van der Waals surface area contributed by atoms with Crippen LogP contribution in [-0.2, 0) is 32.0 Å². The van der Waals surface area contributed by atoms with Crippen molar-refractivity contribution < 1.29 is 35.9 Å². The van der Waals surface area contributed by atoms with Gasteiger partial charge in [0.15, 0.2) is 9.84 Å². The number of anilines is 1. The SMILES string of the molecule is CCS(=O)(=O)c1ccc(CNC(=O)c2cnc(N3CC(c4ccc(C(F)(F)F)cc4)CC[C@H]3CO[C@@H]3CCOC3)nc2)cc1. The largest absolute Gasteiger partial charge is 0.416 e. The molecule has 3 aromatic rings. The topological polar surface area (TPSA) is 111 Å². The summed E-state index contributed by atoms with van der Waals surface area (Å²) in [5.74, 6) is -0.00452. The summed E-state index contributed by atoms with van der Waals surface area (Å²) in [6.45, 7) is 3.89. The van der Waals surface area contributed by atoms with Crippen LogP contribution in [0.1, 0.15) is 59.2 Å². The van der Waals surface area contributed by atoms with E-state index in [1.807, 2.05) is 4.90 Å². The van der Waals surface area contributed by atoms with E-state index in [4.69, 9.17) is 9.47 Å². The molecule has 0 aliphatic carbocycles. The molecule has 3 atom stereocenters. The van der Waals surface area contributed by atoms with Gasteiger partial charge in [-0.3, -0.25) is 4.79 Å². The molecule has 0 saturated carbocycles. The number of hydrogen-bond acceptors (Lipinski definition) is 8. The number of aromatic nitrogens is 2. The van der Waals surface area contributed by atoms with Crippen molar-refractivity contribution in [3.8, 4) is 0 Å². The average Bonchev–Trinajstić information content (AvgIpc) is 3.56. The number of rotatable bonds is 10. The van der Waals surface area contributed by atoms with Crippen molar-refractivity contribution >= 4 is 21.7 Å². The summed E-state index contributed by atoms with van der Waals surface area (Å²) in [4.78, 5) is 24.0. The van der Waals surface area contributed by atoms with Crippen LogP contribution in [0.2, 0.25) is 0 Å². The van der Waals surface area contributed by atoms with E-state index in [0.717, 1.165) is 42.5 Å². The number of alkyl halides is 3. The number of benzene rings is 2. The van der Waals surface area contributed by atoms with Crippen LogP contribution in [0, 0.1) is 0 Å². The minimum absolute atomic E-state index is 0.00939. The van der Waals surface area contributed by atoms with E-state index in [0.29, 0.717) is 32.3 Å². The number of amides is 1. The summed E-state index contributed by atoms with van der Waals surface area (Å²) in [7, 11) is -3.30. The van der Waals surface area contributed by atoms with Gasteiger partial charge in [-0.1, -0.05) is 31.2 Å². The Labute approximate surface area is 254 Å². The Morgan fingerprint density at radius 3 is 2.36 bits per heavy atom. The van der Waals surface area contributed by atoms with E-state index >= 15 is 0 Å². The van der Waals surface area contributed by atoms with E-state index in [1.165, 1.54) is 36.7 Å². The lowest BCUT2D eigenvalue weighted by molar-refractivity contribution is -0.137. The van der Waals surface area contributed by atoms with Crippen LogP contribution in [0.5, 0.6) is 0 Å². The first-order valence-electron chi connectivity index (χ1n) is 14.6. The number of carbonyl (C=O) groups is 1. The highest BCUT2D eigenvalue weighted by Gasteiger charge is 2.34. The lowest BCUT2D eigenvalue weighted by atomic mass is 9.87. The fourth-order valence-corrected chi connectivity index (χ4v) is 6.29. The smallest absolute Gasteiger partial charge is 0.379 e. The van der Waals surface area contributed by atoms with Gasteiger partial charge in [0.1, 0.15) is 0 Å². The molecule has 2 saturated heterocycles. The molecule has 1 unspecified atom stereocenters.